The second kappa shape index (κ2) is 6.60. The molecule has 1 atom stereocenters. The van der Waals surface area contributed by atoms with Crippen LogP contribution in [0.25, 0.3) is 0 Å². The van der Waals surface area contributed by atoms with Gasteiger partial charge in [0, 0.05) is 18.5 Å². The number of carbonyl (C=O) groups excluding carboxylic acids is 2. The van der Waals surface area contributed by atoms with E-state index in [1.165, 1.54) is 6.07 Å². The third-order valence-corrected chi connectivity index (χ3v) is 2.66. The highest BCUT2D eigenvalue weighted by atomic mass is 16.3. The van der Waals surface area contributed by atoms with Gasteiger partial charge in [0.2, 0.25) is 11.8 Å². The van der Waals surface area contributed by atoms with Crippen molar-refractivity contribution >= 4 is 11.8 Å². The first kappa shape index (κ1) is 14.8. The Morgan fingerprint density at radius 1 is 1.26 bits per heavy atom. The number of phenols is 2. The molecule has 0 saturated heterocycles. The molecule has 0 radical (unpaired) electrons. The van der Waals surface area contributed by atoms with Crippen molar-refractivity contribution in [2.45, 2.75) is 25.4 Å². The average molecular weight is 267 g/mol. The third kappa shape index (κ3) is 4.47. The number of amides is 2. The molecule has 1 aromatic carbocycles. The van der Waals surface area contributed by atoms with E-state index < -0.39 is 17.9 Å². The smallest absolute Gasteiger partial charge is 0.234 e. The number of rotatable bonds is 7. The fraction of sp³-hybridized carbons (Fsp3) is 0.333. The van der Waals surface area contributed by atoms with Crippen LogP contribution in [0.3, 0.4) is 0 Å². The van der Waals surface area contributed by atoms with E-state index in [0.29, 0.717) is 5.56 Å². The zero-order chi connectivity index (χ0) is 14.4. The van der Waals surface area contributed by atoms with Gasteiger partial charge in [-0.25, -0.2) is 0 Å². The lowest BCUT2D eigenvalue weighted by Crippen LogP contribution is -2.41. The van der Waals surface area contributed by atoms with E-state index >= 15 is 0 Å². The van der Waals surface area contributed by atoms with Crippen LogP contribution < -0.4 is 16.8 Å². The van der Waals surface area contributed by atoms with Gasteiger partial charge in [-0.15, -0.1) is 0 Å². The Labute approximate surface area is 110 Å². The number of nitrogens with two attached hydrogens (primary N) is 2. The van der Waals surface area contributed by atoms with Gasteiger partial charge in [0.15, 0.2) is 11.5 Å². The highest BCUT2D eigenvalue weighted by Crippen LogP contribution is 2.27. The molecular weight excluding hydrogens is 250 g/mol. The second-order valence-electron chi connectivity index (χ2n) is 4.13. The minimum absolute atomic E-state index is 0.0344. The fourth-order valence-electron chi connectivity index (χ4n) is 1.59. The van der Waals surface area contributed by atoms with Crippen molar-refractivity contribution in [2.75, 3.05) is 0 Å². The predicted octanol–water partition coefficient (Wildman–Crippen LogP) is -0.693. The molecule has 0 fully saturated rings. The van der Waals surface area contributed by atoms with Crippen LogP contribution in [0.2, 0.25) is 0 Å². The summed E-state index contributed by atoms with van der Waals surface area (Å²) in [6.45, 7) is 0.132. The van der Waals surface area contributed by atoms with Gasteiger partial charge in [-0.1, -0.05) is 12.1 Å². The number of nitrogens with one attached hydrogen (secondary N) is 1. The molecule has 2 amide bonds. The van der Waals surface area contributed by atoms with Crippen LogP contribution in [-0.2, 0) is 16.1 Å². The number of hydrogen-bond donors (Lipinski definition) is 5. The summed E-state index contributed by atoms with van der Waals surface area (Å²) >= 11 is 0. The van der Waals surface area contributed by atoms with Gasteiger partial charge < -0.3 is 27.0 Å². The van der Waals surface area contributed by atoms with Crippen LogP contribution in [-0.4, -0.2) is 28.1 Å². The maximum Gasteiger partial charge on any atom is 0.234 e. The minimum Gasteiger partial charge on any atom is -0.504 e. The zero-order valence-corrected chi connectivity index (χ0v) is 10.3. The lowest BCUT2D eigenvalue weighted by atomic mass is 10.1. The average Bonchev–Trinajstić information content (AvgIpc) is 2.33. The molecule has 0 saturated carbocycles. The quantitative estimate of drug-likeness (QED) is 0.416. The summed E-state index contributed by atoms with van der Waals surface area (Å²) in [5.41, 5.74) is 10.6. The van der Waals surface area contributed by atoms with Gasteiger partial charge in [-0.3, -0.25) is 9.59 Å². The molecule has 0 aromatic heterocycles. The number of primary amides is 2. The summed E-state index contributed by atoms with van der Waals surface area (Å²) in [5, 5.41) is 21.7. The van der Waals surface area contributed by atoms with Crippen LogP contribution in [0, 0.1) is 0 Å². The Morgan fingerprint density at radius 2 is 1.95 bits per heavy atom. The van der Waals surface area contributed by atoms with Crippen molar-refractivity contribution in [3.63, 3.8) is 0 Å². The largest absolute Gasteiger partial charge is 0.504 e. The molecule has 0 heterocycles. The molecule has 0 bridgehead atoms. The third-order valence-electron chi connectivity index (χ3n) is 2.66. The zero-order valence-electron chi connectivity index (χ0n) is 10.3. The lowest BCUT2D eigenvalue weighted by Gasteiger charge is -2.15. The maximum atomic E-state index is 11.2. The van der Waals surface area contributed by atoms with E-state index in [1.54, 1.807) is 12.1 Å². The van der Waals surface area contributed by atoms with Gasteiger partial charge in [0.05, 0.1) is 6.04 Å². The highest BCUT2D eigenvalue weighted by molar-refractivity contribution is 5.81. The molecule has 7 heteroatoms. The molecule has 1 rings (SSSR count). The molecule has 19 heavy (non-hydrogen) atoms. The molecule has 0 unspecified atom stereocenters. The molecule has 7 N–H and O–H groups in total. The van der Waals surface area contributed by atoms with Crippen molar-refractivity contribution < 1.29 is 19.8 Å². The normalized spacial score (nSPS) is 12.0. The summed E-state index contributed by atoms with van der Waals surface area (Å²) in [6, 6.07) is 3.77. The van der Waals surface area contributed by atoms with Gasteiger partial charge in [0.25, 0.3) is 0 Å². The Morgan fingerprint density at radius 3 is 2.53 bits per heavy atom. The molecule has 7 nitrogen and oxygen atoms in total. The topological polar surface area (TPSA) is 139 Å². The first-order valence-corrected chi connectivity index (χ1v) is 5.72. The van der Waals surface area contributed by atoms with Crippen LogP contribution in [0.1, 0.15) is 18.4 Å². The summed E-state index contributed by atoms with van der Waals surface area (Å²) < 4.78 is 0. The van der Waals surface area contributed by atoms with E-state index in [4.69, 9.17) is 11.5 Å². The van der Waals surface area contributed by atoms with Crippen LogP contribution >= 0.6 is 0 Å². The van der Waals surface area contributed by atoms with Gasteiger partial charge >= 0.3 is 0 Å². The van der Waals surface area contributed by atoms with Crippen molar-refractivity contribution in [1.29, 1.82) is 0 Å². The first-order chi connectivity index (χ1) is 8.91. The molecular formula is C12H17N3O4. The minimum atomic E-state index is -0.728. The van der Waals surface area contributed by atoms with E-state index in [0.717, 1.165) is 0 Å². The molecule has 1 aromatic rings. The first-order valence-electron chi connectivity index (χ1n) is 5.72. The Kier molecular flexibility index (Phi) is 5.13. The van der Waals surface area contributed by atoms with Crippen molar-refractivity contribution in [3.05, 3.63) is 23.8 Å². The predicted molar refractivity (Wildman–Crippen MR) is 68.0 cm³/mol. The maximum absolute atomic E-state index is 11.2. The van der Waals surface area contributed by atoms with Gasteiger partial charge in [0.1, 0.15) is 0 Å². The molecule has 0 aliphatic rings. The number of carbonyl (C=O) groups is 2. The van der Waals surface area contributed by atoms with Crippen LogP contribution in [0.4, 0.5) is 0 Å². The Balaban J connectivity index is 2.63. The summed E-state index contributed by atoms with van der Waals surface area (Å²) in [4.78, 5) is 21.8. The van der Waals surface area contributed by atoms with E-state index in [2.05, 4.69) is 5.32 Å². The Hall–Kier alpha value is -2.28. The van der Waals surface area contributed by atoms with Crippen LogP contribution in [0.5, 0.6) is 11.5 Å². The van der Waals surface area contributed by atoms with Crippen molar-refractivity contribution in [2.24, 2.45) is 11.5 Å². The molecule has 0 aliphatic carbocycles. The second-order valence-corrected chi connectivity index (χ2v) is 4.13. The standard InChI is InChI=1S/C12H17N3O4/c13-10(17)5-4-8(12(14)19)15-6-7-2-1-3-9(16)11(7)18/h1-3,8,15-16,18H,4-6H2,(H2,13,17)(H2,14,19)/t8-/m1/s1. The SMILES string of the molecule is NC(=O)CC[C@@H](NCc1cccc(O)c1O)C(N)=O. The summed E-state index contributed by atoms with van der Waals surface area (Å²) in [5.74, 6) is -1.63. The van der Waals surface area contributed by atoms with E-state index in [1.807, 2.05) is 0 Å². The summed E-state index contributed by atoms with van der Waals surface area (Å²) in [6.07, 6.45) is 0.219. The lowest BCUT2D eigenvalue weighted by molar-refractivity contribution is -0.121. The monoisotopic (exact) mass is 267 g/mol. The number of phenolic OH excluding ortho intramolecular Hbond substituents is 2. The van der Waals surface area contributed by atoms with Gasteiger partial charge in [-0.05, 0) is 12.5 Å². The molecule has 0 aliphatic heterocycles. The summed E-state index contributed by atoms with van der Waals surface area (Å²) in [7, 11) is 0. The molecule has 0 spiro atoms. The highest BCUT2D eigenvalue weighted by Gasteiger charge is 2.16. The number of benzene rings is 1. The number of hydrogen-bond acceptors (Lipinski definition) is 5. The van der Waals surface area contributed by atoms with Gasteiger partial charge in [-0.2, -0.15) is 0 Å². The van der Waals surface area contributed by atoms with E-state index in [-0.39, 0.29) is 30.9 Å². The number of aromatic hydroxyl groups is 2. The van der Waals surface area contributed by atoms with Crippen LogP contribution in [0.15, 0.2) is 18.2 Å². The van der Waals surface area contributed by atoms with E-state index in [9.17, 15) is 19.8 Å². The van der Waals surface area contributed by atoms with Crippen molar-refractivity contribution in [3.8, 4) is 11.5 Å². The van der Waals surface area contributed by atoms with Crippen molar-refractivity contribution in [1.82, 2.24) is 5.32 Å². The Bertz CT molecular complexity index is 476. The number of para-hydroxylation sites is 1. The fourth-order valence-corrected chi connectivity index (χ4v) is 1.59. The molecule has 104 valence electrons.